The van der Waals surface area contributed by atoms with Crippen LogP contribution in [0.15, 0.2) is 0 Å². The molecule has 0 spiro atoms. The summed E-state index contributed by atoms with van der Waals surface area (Å²) in [5, 5.41) is 0. The van der Waals surface area contributed by atoms with Crippen molar-refractivity contribution in [3.05, 3.63) is 0 Å². The molecule has 1 heteroatoms. The zero-order chi connectivity index (χ0) is 10.7. The molecular weight excluding hydrogens is 196 g/mol. The maximum Gasteiger partial charge on any atom is -0.0409 e. The van der Waals surface area contributed by atoms with Crippen LogP contribution in [0.2, 0.25) is 0 Å². The molecule has 2 unspecified atom stereocenters. The van der Waals surface area contributed by atoms with Gasteiger partial charge in [0.25, 0.3) is 0 Å². The zero-order valence-corrected chi connectivity index (χ0v) is 11.2. The van der Waals surface area contributed by atoms with Crippen LogP contribution < -0.4 is 0 Å². The van der Waals surface area contributed by atoms with Gasteiger partial charge in [0.1, 0.15) is 0 Å². The van der Waals surface area contributed by atoms with Crippen molar-refractivity contribution in [2.24, 2.45) is 23.7 Å². The largest absolute Gasteiger partial charge is 0.412 e. The van der Waals surface area contributed by atoms with Crippen molar-refractivity contribution in [2.75, 3.05) is 0 Å². The van der Waals surface area contributed by atoms with Gasteiger partial charge in [0, 0.05) is 0 Å². The van der Waals surface area contributed by atoms with Crippen molar-refractivity contribution < 1.29 is 5.48 Å². The lowest BCUT2D eigenvalue weighted by atomic mass is 9.73. The molecule has 96 valence electrons. The molecule has 0 heterocycles. The van der Waals surface area contributed by atoms with Gasteiger partial charge in [-0.3, -0.25) is 0 Å². The lowest BCUT2D eigenvalue weighted by molar-refractivity contribution is 0.196. The Morgan fingerprint density at radius 3 is 2.06 bits per heavy atom. The Morgan fingerprint density at radius 1 is 0.750 bits per heavy atom. The highest BCUT2D eigenvalue weighted by atomic mass is 16.0. The number of hydrogen-bond donors (Lipinski definition) is 0. The quantitative estimate of drug-likeness (QED) is 0.675. The fourth-order valence-electron chi connectivity index (χ4n) is 3.81. The van der Waals surface area contributed by atoms with Crippen molar-refractivity contribution in [1.29, 1.82) is 0 Å². The molecule has 1 nitrogen and oxygen atoms in total. The van der Waals surface area contributed by atoms with E-state index in [0.29, 0.717) is 0 Å². The molecule has 0 aromatic rings. The van der Waals surface area contributed by atoms with Gasteiger partial charge in [0.05, 0.1) is 0 Å². The maximum atomic E-state index is 2.45. The first kappa shape index (κ1) is 14.0. The van der Waals surface area contributed by atoms with Crippen LogP contribution in [0.4, 0.5) is 0 Å². The van der Waals surface area contributed by atoms with Gasteiger partial charge in [-0.1, -0.05) is 58.8 Å². The van der Waals surface area contributed by atoms with Gasteiger partial charge in [-0.25, -0.2) is 0 Å². The van der Waals surface area contributed by atoms with E-state index < -0.39 is 0 Å². The van der Waals surface area contributed by atoms with Gasteiger partial charge in [0.2, 0.25) is 0 Å². The topological polar surface area (TPSA) is 31.5 Å². The molecule has 2 aliphatic rings. The Bertz CT molecular complexity index is 182. The molecule has 2 saturated carbocycles. The van der Waals surface area contributed by atoms with Crippen LogP contribution >= 0.6 is 0 Å². The van der Waals surface area contributed by atoms with Crippen LogP contribution in [0.5, 0.6) is 0 Å². The standard InChI is InChI=1S/C15H28.H2O/c1-12-6-8-14(9-7-12)11-15-5-3-4-13(2)10-15;/h12-15H,3-11H2,1-2H3;1H2. The van der Waals surface area contributed by atoms with E-state index >= 15 is 0 Å². The Balaban J connectivity index is 0.00000128. The van der Waals surface area contributed by atoms with E-state index in [-0.39, 0.29) is 5.48 Å². The zero-order valence-electron chi connectivity index (χ0n) is 11.2. The van der Waals surface area contributed by atoms with Crippen LogP contribution in [0.25, 0.3) is 0 Å². The van der Waals surface area contributed by atoms with E-state index in [0.717, 1.165) is 23.7 Å². The van der Waals surface area contributed by atoms with Gasteiger partial charge in [-0.2, -0.15) is 0 Å². The number of rotatable bonds is 2. The molecule has 0 amide bonds. The molecular formula is C15H30O. The molecule has 2 rings (SSSR count). The van der Waals surface area contributed by atoms with E-state index in [4.69, 9.17) is 0 Å². The van der Waals surface area contributed by atoms with Gasteiger partial charge in [0.15, 0.2) is 0 Å². The third kappa shape index (κ3) is 4.08. The summed E-state index contributed by atoms with van der Waals surface area (Å²) in [4.78, 5) is 0. The van der Waals surface area contributed by atoms with Crippen LogP contribution in [0, 0.1) is 23.7 Å². The van der Waals surface area contributed by atoms with Crippen molar-refractivity contribution in [3.8, 4) is 0 Å². The first-order valence-corrected chi connectivity index (χ1v) is 7.24. The van der Waals surface area contributed by atoms with E-state index in [1.807, 2.05) is 0 Å². The van der Waals surface area contributed by atoms with Crippen LogP contribution in [0.3, 0.4) is 0 Å². The molecule has 0 radical (unpaired) electrons. The van der Waals surface area contributed by atoms with Crippen LogP contribution in [-0.4, -0.2) is 5.48 Å². The smallest absolute Gasteiger partial charge is 0.0409 e. The lowest BCUT2D eigenvalue weighted by Crippen LogP contribution is -2.19. The highest BCUT2D eigenvalue weighted by Crippen LogP contribution is 2.38. The first-order valence-electron chi connectivity index (χ1n) is 7.24. The van der Waals surface area contributed by atoms with Crippen molar-refractivity contribution >= 4 is 0 Å². The van der Waals surface area contributed by atoms with E-state index in [2.05, 4.69) is 13.8 Å². The Labute approximate surface area is 101 Å². The predicted molar refractivity (Wildman–Crippen MR) is 70.5 cm³/mol. The average Bonchev–Trinajstić information content (AvgIpc) is 2.22. The minimum absolute atomic E-state index is 0. The fourth-order valence-corrected chi connectivity index (χ4v) is 3.81. The van der Waals surface area contributed by atoms with Crippen molar-refractivity contribution in [2.45, 2.75) is 71.6 Å². The molecule has 2 aliphatic carbocycles. The summed E-state index contributed by atoms with van der Waals surface area (Å²) in [5.74, 6) is 4.22. The summed E-state index contributed by atoms with van der Waals surface area (Å²) in [6, 6.07) is 0. The van der Waals surface area contributed by atoms with Crippen molar-refractivity contribution in [1.82, 2.24) is 0 Å². The molecule has 0 bridgehead atoms. The molecule has 2 atom stereocenters. The highest BCUT2D eigenvalue weighted by molar-refractivity contribution is 4.76. The van der Waals surface area contributed by atoms with Gasteiger partial charge < -0.3 is 5.48 Å². The second-order valence-electron chi connectivity index (χ2n) is 6.50. The molecule has 2 fully saturated rings. The van der Waals surface area contributed by atoms with Gasteiger partial charge in [-0.05, 0) is 36.5 Å². The van der Waals surface area contributed by atoms with E-state index in [9.17, 15) is 0 Å². The van der Waals surface area contributed by atoms with Crippen LogP contribution in [0.1, 0.15) is 71.6 Å². The average molecular weight is 226 g/mol. The monoisotopic (exact) mass is 226 g/mol. The molecule has 0 saturated heterocycles. The lowest BCUT2D eigenvalue weighted by Gasteiger charge is -2.33. The second kappa shape index (κ2) is 6.64. The maximum absolute atomic E-state index is 2.45. The fraction of sp³-hybridized carbons (Fsp3) is 1.00. The number of hydrogen-bond acceptors (Lipinski definition) is 0. The van der Waals surface area contributed by atoms with E-state index in [1.54, 1.807) is 6.42 Å². The molecule has 0 aliphatic heterocycles. The van der Waals surface area contributed by atoms with Gasteiger partial charge >= 0.3 is 0 Å². The molecule has 16 heavy (non-hydrogen) atoms. The summed E-state index contributed by atoms with van der Waals surface area (Å²) < 4.78 is 0. The molecule has 0 aromatic heterocycles. The normalized spacial score (nSPS) is 40.1. The summed E-state index contributed by atoms with van der Waals surface area (Å²) in [7, 11) is 0. The third-order valence-electron chi connectivity index (χ3n) is 4.85. The first-order chi connectivity index (χ1) is 7.24. The van der Waals surface area contributed by atoms with E-state index in [1.165, 1.54) is 51.4 Å². The minimum atomic E-state index is 0. The summed E-state index contributed by atoms with van der Waals surface area (Å²) in [6.07, 6.45) is 13.7. The highest BCUT2D eigenvalue weighted by Gasteiger charge is 2.24. The summed E-state index contributed by atoms with van der Waals surface area (Å²) >= 11 is 0. The molecule has 2 N–H and O–H groups in total. The minimum Gasteiger partial charge on any atom is -0.412 e. The van der Waals surface area contributed by atoms with Gasteiger partial charge in [-0.15, -0.1) is 0 Å². The van der Waals surface area contributed by atoms with Crippen LogP contribution in [-0.2, 0) is 0 Å². The molecule has 0 aromatic carbocycles. The predicted octanol–water partition coefficient (Wildman–Crippen LogP) is 4.20. The second-order valence-corrected chi connectivity index (χ2v) is 6.50. The van der Waals surface area contributed by atoms with Crippen molar-refractivity contribution in [3.63, 3.8) is 0 Å². The summed E-state index contributed by atoms with van der Waals surface area (Å²) in [5.41, 5.74) is 0. The Hall–Kier alpha value is -0.0400. The Kier molecular flexibility index (Phi) is 5.82. The third-order valence-corrected chi connectivity index (χ3v) is 4.85. The summed E-state index contributed by atoms with van der Waals surface area (Å²) in [6.45, 7) is 4.88. The SMILES string of the molecule is CC1CCC(CC2CCCC(C)C2)CC1.O. The Morgan fingerprint density at radius 2 is 1.44 bits per heavy atom.